The first-order valence-electron chi connectivity index (χ1n) is 7.65. The number of hydrogen-bond donors (Lipinski definition) is 2. The molecule has 0 aromatic heterocycles. The van der Waals surface area contributed by atoms with Gasteiger partial charge in [-0.2, -0.15) is 0 Å². The maximum Gasteiger partial charge on any atom is 0.191 e. The van der Waals surface area contributed by atoms with Crippen LogP contribution in [0.2, 0.25) is 0 Å². The number of aliphatic imine (C=N–C) groups is 1. The van der Waals surface area contributed by atoms with Gasteiger partial charge in [-0.25, -0.2) is 4.39 Å². The fourth-order valence-corrected chi connectivity index (χ4v) is 2.40. The highest BCUT2D eigenvalue weighted by molar-refractivity contribution is 14.0. The first kappa shape index (κ1) is 20.6. The van der Waals surface area contributed by atoms with Crippen LogP contribution in [0.1, 0.15) is 24.8 Å². The second-order valence-electron chi connectivity index (χ2n) is 5.46. The van der Waals surface area contributed by atoms with Gasteiger partial charge >= 0.3 is 0 Å². The van der Waals surface area contributed by atoms with Gasteiger partial charge in [0.05, 0.1) is 0 Å². The Balaban J connectivity index is 0.00000264. The highest BCUT2D eigenvalue weighted by atomic mass is 127. The van der Waals surface area contributed by atoms with E-state index in [0.717, 1.165) is 36.6 Å². The van der Waals surface area contributed by atoms with Gasteiger partial charge in [0.15, 0.2) is 5.96 Å². The molecule has 0 aliphatic heterocycles. The van der Waals surface area contributed by atoms with Crippen LogP contribution >= 0.6 is 39.9 Å². The van der Waals surface area contributed by atoms with Crippen LogP contribution in [0.3, 0.4) is 0 Å². The molecule has 1 saturated carbocycles. The predicted molar refractivity (Wildman–Crippen MR) is 106 cm³/mol. The van der Waals surface area contributed by atoms with Crippen molar-refractivity contribution in [1.82, 2.24) is 10.6 Å². The van der Waals surface area contributed by atoms with Gasteiger partial charge < -0.3 is 15.4 Å². The topological polar surface area (TPSA) is 45.7 Å². The molecule has 1 fully saturated rings. The summed E-state index contributed by atoms with van der Waals surface area (Å²) >= 11 is 3.35. The molecule has 1 aromatic rings. The average Bonchev–Trinajstić information content (AvgIpc) is 3.33. The predicted octanol–water partition coefficient (Wildman–Crippen LogP) is 3.69. The van der Waals surface area contributed by atoms with E-state index in [0.29, 0.717) is 18.1 Å². The van der Waals surface area contributed by atoms with Crippen molar-refractivity contribution >= 4 is 45.9 Å². The molecule has 0 unspecified atom stereocenters. The summed E-state index contributed by atoms with van der Waals surface area (Å²) in [5.41, 5.74) is 0.602. The minimum Gasteiger partial charge on any atom is -0.381 e. The number of guanidine groups is 1. The lowest BCUT2D eigenvalue weighted by Crippen LogP contribution is -2.37. The molecule has 23 heavy (non-hydrogen) atoms. The van der Waals surface area contributed by atoms with Gasteiger partial charge in [0.2, 0.25) is 0 Å². The Bertz CT molecular complexity index is 512. The van der Waals surface area contributed by atoms with Crippen molar-refractivity contribution < 1.29 is 9.13 Å². The highest BCUT2D eigenvalue weighted by Gasteiger charge is 2.20. The van der Waals surface area contributed by atoms with E-state index in [2.05, 4.69) is 31.6 Å². The van der Waals surface area contributed by atoms with Gasteiger partial charge in [-0.15, -0.1) is 24.0 Å². The molecule has 1 aromatic carbocycles. The van der Waals surface area contributed by atoms with Crippen LogP contribution in [0.5, 0.6) is 0 Å². The molecule has 2 N–H and O–H groups in total. The molecule has 2 rings (SSSR count). The van der Waals surface area contributed by atoms with Crippen LogP contribution in [0.4, 0.5) is 4.39 Å². The monoisotopic (exact) mass is 499 g/mol. The summed E-state index contributed by atoms with van der Waals surface area (Å²) in [5, 5.41) is 6.31. The fourth-order valence-electron chi connectivity index (χ4n) is 1.99. The van der Waals surface area contributed by atoms with E-state index >= 15 is 0 Å². The number of halogens is 3. The smallest absolute Gasteiger partial charge is 0.191 e. The van der Waals surface area contributed by atoms with Gasteiger partial charge in [-0.05, 0) is 43.4 Å². The molecule has 4 nitrogen and oxygen atoms in total. The molecule has 0 heterocycles. The van der Waals surface area contributed by atoms with Crippen LogP contribution in [0, 0.1) is 11.7 Å². The average molecular weight is 500 g/mol. The van der Waals surface area contributed by atoms with E-state index in [1.807, 2.05) is 0 Å². The Morgan fingerprint density at radius 3 is 2.87 bits per heavy atom. The zero-order chi connectivity index (χ0) is 15.8. The molecule has 130 valence electrons. The van der Waals surface area contributed by atoms with Gasteiger partial charge in [0.25, 0.3) is 0 Å². The Morgan fingerprint density at radius 1 is 1.39 bits per heavy atom. The van der Waals surface area contributed by atoms with Crippen molar-refractivity contribution in [2.45, 2.75) is 25.8 Å². The number of ether oxygens (including phenoxy) is 1. The lowest BCUT2D eigenvalue weighted by Gasteiger charge is -2.12. The molecule has 0 radical (unpaired) electrons. The molecule has 7 heteroatoms. The summed E-state index contributed by atoms with van der Waals surface area (Å²) in [6.07, 6.45) is 3.57. The fraction of sp³-hybridized carbons (Fsp3) is 0.562. The van der Waals surface area contributed by atoms with Crippen molar-refractivity contribution in [3.63, 3.8) is 0 Å². The summed E-state index contributed by atoms with van der Waals surface area (Å²) < 4.78 is 20.1. The Labute approximate surface area is 162 Å². The lowest BCUT2D eigenvalue weighted by atomic mass is 10.2. The van der Waals surface area contributed by atoms with E-state index in [9.17, 15) is 4.39 Å². The number of benzene rings is 1. The van der Waals surface area contributed by atoms with E-state index in [1.165, 1.54) is 18.9 Å². The molecule has 0 atom stereocenters. The van der Waals surface area contributed by atoms with Crippen LogP contribution in [0.25, 0.3) is 0 Å². The summed E-state index contributed by atoms with van der Waals surface area (Å²) in [4.78, 5) is 4.13. The molecule has 0 amide bonds. The zero-order valence-corrected chi connectivity index (χ0v) is 17.2. The first-order chi connectivity index (χ1) is 10.7. The zero-order valence-electron chi connectivity index (χ0n) is 13.3. The van der Waals surface area contributed by atoms with E-state index in [-0.39, 0.29) is 29.8 Å². The normalized spacial score (nSPS) is 14.3. The second-order valence-corrected chi connectivity index (χ2v) is 6.38. The van der Waals surface area contributed by atoms with Crippen LogP contribution in [0.15, 0.2) is 27.7 Å². The van der Waals surface area contributed by atoms with Crippen molar-refractivity contribution in [1.29, 1.82) is 0 Å². The van der Waals surface area contributed by atoms with E-state index < -0.39 is 0 Å². The van der Waals surface area contributed by atoms with Crippen molar-refractivity contribution in [3.8, 4) is 0 Å². The van der Waals surface area contributed by atoms with Gasteiger partial charge in [0, 0.05) is 43.4 Å². The molecule has 1 aliphatic carbocycles. The molecular weight excluding hydrogens is 476 g/mol. The Hall–Kier alpha value is -0.410. The lowest BCUT2D eigenvalue weighted by molar-refractivity contribution is 0.123. The van der Waals surface area contributed by atoms with Gasteiger partial charge in [0.1, 0.15) is 5.82 Å². The molecule has 1 aliphatic rings. The second kappa shape index (κ2) is 11.2. The number of nitrogens with zero attached hydrogens (tertiary/aromatic N) is 1. The summed E-state index contributed by atoms with van der Waals surface area (Å²) in [5.74, 6) is 1.25. The summed E-state index contributed by atoms with van der Waals surface area (Å²) in [6.45, 7) is 2.84. The van der Waals surface area contributed by atoms with E-state index in [1.54, 1.807) is 19.2 Å². The maximum absolute atomic E-state index is 13.6. The number of rotatable bonds is 8. The third kappa shape index (κ3) is 8.30. The Morgan fingerprint density at radius 2 is 2.17 bits per heavy atom. The maximum atomic E-state index is 13.6. The molecule has 0 saturated heterocycles. The van der Waals surface area contributed by atoms with Gasteiger partial charge in [-0.1, -0.05) is 15.9 Å². The minimum absolute atomic E-state index is 0. The van der Waals surface area contributed by atoms with Crippen LogP contribution < -0.4 is 10.6 Å². The highest BCUT2D eigenvalue weighted by Crippen LogP contribution is 2.28. The van der Waals surface area contributed by atoms with Crippen molar-refractivity contribution in [2.75, 3.05) is 26.8 Å². The van der Waals surface area contributed by atoms with Crippen molar-refractivity contribution in [3.05, 3.63) is 34.1 Å². The van der Waals surface area contributed by atoms with Crippen molar-refractivity contribution in [2.24, 2.45) is 10.9 Å². The third-order valence-corrected chi connectivity index (χ3v) is 3.98. The summed E-state index contributed by atoms with van der Waals surface area (Å²) in [7, 11) is 1.70. The molecular formula is C16H24BrFIN3O. The van der Waals surface area contributed by atoms with Crippen LogP contribution in [-0.4, -0.2) is 32.8 Å². The number of hydrogen-bond acceptors (Lipinski definition) is 2. The SMILES string of the molecule is CN=C(NCCCOCC1CC1)NCc1cc(Br)ccc1F.I. The molecule has 0 bridgehead atoms. The third-order valence-electron chi connectivity index (χ3n) is 3.49. The standard InChI is InChI=1S/C16H23BrFN3O.HI/c1-19-16(20-7-2-8-22-11-12-3-4-12)21-10-13-9-14(17)5-6-15(13)18;/h5-6,9,12H,2-4,7-8,10-11H2,1H3,(H2,19,20,21);1H. The number of nitrogens with one attached hydrogen (secondary N) is 2. The first-order valence-corrected chi connectivity index (χ1v) is 8.44. The largest absolute Gasteiger partial charge is 0.381 e. The van der Waals surface area contributed by atoms with E-state index in [4.69, 9.17) is 4.74 Å². The quantitative estimate of drug-likeness (QED) is 0.248. The minimum atomic E-state index is -0.223. The Kier molecular flexibility index (Phi) is 10.0. The summed E-state index contributed by atoms with van der Waals surface area (Å²) in [6, 6.07) is 4.91. The van der Waals surface area contributed by atoms with Crippen LogP contribution in [-0.2, 0) is 11.3 Å². The van der Waals surface area contributed by atoms with Gasteiger partial charge in [-0.3, -0.25) is 4.99 Å². The molecule has 0 spiro atoms.